The van der Waals surface area contributed by atoms with Crippen molar-refractivity contribution in [1.29, 1.82) is 0 Å². The van der Waals surface area contributed by atoms with Gasteiger partial charge in [0, 0.05) is 12.8 Å². The molecular weight excluding hydrogens is 314 g/mol. The fourth-order valence-corrected chi connectivity index (χ4v) is 2.89. The van der Waals surface area contributed by atoms with E-state index in [0.29, 0.717) is 0 Å². The summed E-state index contributed by atoms with van der Waals surface area (Å²) < 4.78 is 0. The van der Waals surface area contributed by atoms with Gasteiger partial charge in [-0.2, -0.15) is 0 Å². The molecule has 0 aromatic heterocycles. The van der Waals surface area contributed by atoms with E-state index in [1.165, 1.54) is 40.7 Å². The van der Waals surface area contributed by atoms with Crippen LogP contribution in [0.15, 0.2) is 82.9 Å². The van der Waals surface area contributed by atoms with Crippen LogP contribution in [0.3, 0.4) is 0 Å². The quantitative estimate of drug-likeness (QED) is 0.262. The van der Waals surface area contributed by atoms with Crippen molar-refractivity contribution in [2.45, 2.75) is 46.5 Å². The Bertz CT molecular complexity index is 733. The minimum Gasteiger partial charge on any atom is -0.293 e. The Hall–Kier alpha value is -2.41. The van der Waals surface area contributed by atoms with Gasteiger partial charge in [-0.05, 0) is 67.9 Å². The molecule has 0 heterocycles. The summed E-state index contributed by atoms with van der Waals surface area (Å²) >= 11 is 0. The van der Waals surface area contributed by atoms with E-state index in [0.717, 1.165) is 19.4 Å². The maximum atomic E-state index is 4.55. The minimum atomic E-state index is 0.924. The van der Waals surface area contributed by atoms with Crippen LogP contribution in [-0.4, -0.2) is 12.8 Å². The number of nitrogens with zero attached hydrogens (tertiary/aromatic N) is 1. The van der Waals surface area contributed by atoms with Crippen LogP contribution in [-0.2, 0) is 6.42 Å². The Morgan fingerprint density at radius 1 is 0.808 bits per heavy atom. The van der Waals surface area contributed by atoms with Crippen molar-refractivity contribution >= 4 is 6.21 Å². The first-order chi connectivity index (χ1) is 12.7. The molecule has 0 atom stereocenters. The fourth-order valence-electron chi connectivity index (χ4n) is 2.89. The Balaban J connectivity index is 1.68. The lowest BCUT2D eigenvalue weighted by Gasteiger charge is -2.04. The van der Waals surface area contributed by atoms with Crippen molar-refractivity contribution < 1.29 is 0 Å². The van der Waals surface area contributed by atoms with Gasteiger partial charge in [-0.15, -0.1) is 0 Å². The van der Waals surface area contributed by atoms with Crippen molar-refractivity contribution in [3.63, 3.8) is 0 Å². The van der Waals surface area contributed by atoms with Gasteiger partial charge in [-0.1, -0.05) is 73.2 Å². The standard InChI is InChI=1S/C25H31N/c1-4-11-21(2)22(3)20-26-19-10-6-7-12-23-15-17-25(18-16-23)24-13-8-5-9-14-24/h4-5,8-9,11,13-18,20H,6-7,10,12,19H2,1-3H3/b11-4-,22-21-,26-20+. The van der Waals surface area contributed by atoms with E-state index in [9.17, 15) is 0 Å². The monoisotopic (exact) mass is 345 g/mol. The molecule has 2 rings (SSSR count). The maximum absolute atomic E-state index is 4.55. The van der Waals surface area contributed by atoms with Gasteiger partial charge in [0.1, 0.15) is 0 Å². The molecule has 0 saturated carbocycles. The van der Waals surface area contributed by atoms with Crippen LogP contribution in [0.1, 0.15) is 45.6 Å². The molecule has 1 heteroatoms. The van der Waals surface area contributed by atoms with Crippen LogP contribution < -0.4 is 0 Å². The summed E-state index contributed by atoms with van der Waals surface area (Å²) in [4.78, 5) is 4.55. The van der Waals surface area contributed by atoms with Crippen molar-refractivity contribution in [3.05, 3.63) is 83.5 Å². The summed E-state index contributed by atoms with van der Waals surface area (Å²) in [6.07, 6.45) is 11.0. The Kier molecular flexibility index (Phi) is 8.62. The minimum absolute atomic E-state index is 0.924. The molecule has 0 spiro atoms. The maximum Gasteiger partial charge on any atom is 0.0389 e. The second-order valence-corrected chi connectivity index (χ2v) is 6.77. The van der Waals surface area contributed by atoms with E-state index in [1.54, 1.807) is 0 Å². The predicted molar refractivity (Wildman–Crippen MR) is 116 cm³/mol. The Labute approximate surface area is 159 Å². The number of hydrogen-bond donors (Lipinski definition) is 0. The number of unbranched alkanes of at least 4 members (excludes halogenated alkanes) is 2. The highest BCUT2D eigenvalue weighted by Gasteiger charge is 1.98. The second kappa shape index (κ2) is 11.3. The van der Waals surface area contributed by atoms with Gasteiger partial charge in [0.05, 0.1) is 0 Å². The van der Waals surface area contributed by atoms with Crippen LogP contribution in [0.25, 0.3) is 11.1 Å². The molecule has 1 nitrogen and oxygen atoms in total. The SMILES string of the molecule is C\C=C/C(C)=C(C)\C=N\CCCCCc1ccc(-c2ccccc2)cc1. The number of aryl methyl sites for hydroxylation is 1. The van der Waals surface area contributed by atoms with Crippen molar-refractivity contribution in [2.24, 2.45) is 4.99 Å². The largest absolute Gasteiger partial charge is 0.293 e. The number of allylic oxidation sites excluding steroid dienone is 4. The van der Waals surface area contributed by atoms with Crippen molar-refractivity contribution in [2.75, 3.05) is 6.54 Å². The second-order valence-electron chi connectivity index (χ2n) is 6.77. The lowest BCUT2D eigenvalue weighted by Crippen LogP contribution is -1.89. The molecule has 0 bridgehead atoms. The lowest BCUT2D eigenvalue weighted by atomic mass is 10.0. The highest BCUT2D eigenvalue weighted by molar-refractivity contribution is 5.79. The first-order valence-electron chi connectivity index (χ1n) is 9.65. The topological polar surface area (TPSA) is 12.4 Å². The fraction of sp³-hybridized carbons (Fsp3) is 0.320. The van der Waals surface area contributed by atoms with Gasteiger partial charge < -0.3 is 0 Å². The third-order valence-corrected chi connectivity index (χ3v) is 4.64. The summed E-state index contributed by atoms with van der Waals surface area (Å²) in [5.41, 5.74) is 6.54. The zero-order chi connectivity index (χ0) is 18.6. The molecular formula is C25H31N. The summed E-state index contributed by atoms with van der Waals surface area (Å²) in [6, 6.07) is 19.5. The van der Waals surface area contributed by atoms with Gasteiger partial charge in [-0.3, -0.25) is 4.99 Å². The smallest absolute Gasteiger partial charge is 0.0389 e. The van der Waals surface area contributed by atoms with Gasteiger partial charge in [-0.25, -0.2) is 0 Å². The molecule has 0 aliphatic rings. The van der Waals surface area contributed by atoms with E-state index in [4.69, 9.17) is 0 Å². The first-order valence-corrected chi connectivity index (χ1v) is 9.65. The highest BCUT2D eigenvalue weighted by atomic mass is 14.7. The number of aliphatic imine (C=N–C) groups is 1. The number of rotatable bonds is 9. The molecule has 0 N–H and O–H groups in total. The van der Waals surface area contributed by atoms with E-state index in [2.05, 4.69) is 85.6 Å². The van der Waals surface area contributed by atoms with E-state index < -0.39 is 0 Å². The van der Waals surface area contributed by atoms with Gasteiger partial charge in [0.2, 0.25) is 0 Å². The van der Waals surface area contributed by atoms with Crippen LogP contribution in [0.4, 0.5) is 0 Å². The van der Waals surface area contributed by atoms with E-state index in [1.807, 2.05) is 13.1 Å². The zero-order valence-corrected chi connectivity index (χ0v) is 16.4. The molecule has 2 aromatic rings. The Morgan fingerprint density at radius 2 is 1.50 bits per heavy atom. The average molecular weight is 346 g/mol. The molecule has 0 fully saturated rings. The summed E-state index contributed by atoms with van der Waals surface area (Å²) in [7, 11) is 0. The van der Waals surface area contributed by atoms with Gasteiger partial charge in [0.25, 0.3) is 0 Å². The molecule has 0 amide bonds. The van der Waals surface area contributed by atoms with Crippen LogP contribution in [0.2, 0.25) is 0 Å². The molecule has 0 unspecified atom stereocenters. The van der Waals surface area contributed by atoms with Crippen LogP contribution in [0, 0.1) is 0 Å². The van der Waals surface area contributed by atoms with Crippen LogP contribution >= 0.6 is 0 Å². The normalized spacial score (nSPS) is 12.7. The molecule has 0 aliphatic heterocycles. The highest BCUT2D eigenvalue weighted by Crippen LogP contribution is 2.20. The van der Waals surface area contributed by atoms with E-state index in [-0.39, 0.29) is 0 Å². The molecule has 0 saturated heterocycles. The molecule has 0 radical (unpaired) electrons. The summed E-state index contributed by atoms with van der Waals surface area (Å²) in [5, 5.41) is 0. The molecule has 26 heavy (non-hydrogen) atoms. The third kappa shape index (κ3) is 6.84. The van der Waals surface area contributed by atoms with Crippen LogP contribution in [0.5, 0.6) is 0 Å². The predicted octanol–water partition coefficient (Wildman–Crippen LogP) is 7.05. The average Bonchev–Trinajstić information content (AvgIpc) is 2.68. The molecule has 2 aromatic carbocycles. The third-order valence-electron chi connectivity index (χ3n) is 4.64. The van der Waals surface area contributed by atoms with Gasteiger partial charge >= 0.3 is 0 Å². The molecule has 0 aliphatic carbocycles. The van der Waals surface area contributed by atoms with Crippen molar-refractivity contribution in [3.8, 4) is 11.1 Å². The van der Waals surface area contributed by atoms with Gasteiger partial charge in [0.15, 0.2) is 0 Å². The summed E-state index contributed by atoms with van der Waals surface area (Å²) in [5.74, 6) is 0. The Morgan fingerprint density at radius 3 is 2.19 bits per heavy atom. The van der Waals surface area contributed by atoms with Crippen molar-refractivity contribution in [1.82, 2.24) is 0 Å². The lowest BCUT2D eigenvalue weighted by molar-refractivity contribution is 0.688. The number of hydrogen-bond acceptors (Lipinski definition) is 1. The number of benzene rings is 2. The summed E-state index contributed by atoms with van der Waals surface area (Å²) in [6.45, 7) is 7.22. The van der Waals surface area contributed by atoms with E-state index >= 15 is 0 Å². The molecule has 136 valence electrons. The zero-order valence-electron chi connectivity index (χ0n) is 16.4. The first kappa shape index (κ1) is 19.9.